The van der Waals surface area contributed by atoms with Crippen LogP contribution in [-0.2, 0) is 19.8 Å². The van der Waals surface area contributed by atoms with Gasteiger partial charge < -0.3 is 9.02 Å². The van der Waals surface area contributed by atoms with Crippen molar-refractivity contribution < 1.29 is 22.2 Å². The first kappa shape index (κ1) is 16.9. The Bertz CT molecular complexity index is 971. The summed E-state index contributed by atoms with van der Waals surface area (Å²) in [5, 5.41) is 3.60. The van der Waals surface area contributed by atoms with Crippen LogP contribution in [0, 0.1) is 6.92 Å². The highest BCUT2D eigenvalue weighted by atomic mass is 32.2. The second kappa shape index (κ2) is 6.52. The molecule has 0 atom stereocenters. The number of carbonyl (C=O) groups excluding carboxylic acids is 1. The van der Waals surface area contributed by atoms with Gasteiger partial charge in [0.15, 0.2) is 0 Å². The number of oxime groups is 1. The van der Waals surface area contributed by atoms with E-state index in [2.05, 4.69) is 9.99 Å². The van der Waals surface area contributed by atoms with E-state index in [4.69, 9.17) is 4.18 Å². The molecule has 0 saturated heterocycles. The standard InChI is InChI=1S/C18H15NO5S/c1-12-3-9-16(10-4-12)25(21,22)24-15-7-5-14(6-8-15)11-17-13(2)19-23-18(17)20/h3-11H,1-2H3/b17-11-. The monoisotopic (exact) mass is 357 g/mol. The van der Waals surface area contributed by atoms with Crippen LogP contribution < -0.4 is 4.18 Å². The SMILES string of the molecule is CC1=NOC(=O)/C1=C\c1ccc(OS(=O)(=O)c2ccc(C)cc2)cc1. The zero-order valence-corrected chi connectivity index (χ0v) is 14.4. The van der Waals surface area contributed by atoms with Crippen molar-refractivity contribution >= 4 is 27.9 Å². The van der Waals surface area contributed by atoms with Gasteiger partial charge in [-0.2, -0.15) is 8.42 Å². The van der Waals surface area contributed by atoms with Crippen molar-refractivity contribution in [3.63, 3.8) is 0 Å². The van der Waals surface area contributed by atoms with Crippen LogP contribution in [0.4, 0.5) is 0 Å². The van der Waals surface area contributed by atoms with Crippen molar-refractivity contribution in [3.05, 3.63) is 65.2 Å². The molecular weight excluding hydrogens is 342 g/mol. The van der Waals surface area contributed by atoms with Crippen LogP contribution in [0.3, 0.4) is 0 Å². The lowest BCUT2D eigenvalue weighted by Crippen LogP contribution is -2.09. The van der Waals surface area contributed by atoms with Crippen molar-refractivity contribution in [1.29, 1.82) is 0 Å². The molecule has 25 heavy (non-hydrogen) atoms. The predicted molar refractivity (Wildman–Crippen MR) is 92.6 cm³/mol. The third-order valence-electron chi connectivity index (χ3n) is 3.58. The van der Waals surface area contributed by atoms with Gasteiger partial charge in [-0.3, -0.25) is 0 Å². The highest BCUT2D eigenvalue weighted by Crippen LogP contribution is 2.21. The van der Waals surface area contributed by atoms with Gasteiger partial charge in [-0.05, 0) is 49.8 Å². The summed E-state index contributed by atoms with van der Waals surface area (Å²) in [5.74, 6) is -0.332. The van der Waals surface area contributed by atoms with E-state index in [0.717, 1.165) is 5.56 Å². The molecule has 1 heterocycles. The third kappa shape index (κ3) is 3.77. The summed E-state index contributed by atoms with van der Waals surface area (Å²) < 4.78 is 29.6. The molecule has 128 valence electrons. The Labute approximate surface area is 145 Å². The highest BCUT2D eigenvalue weighted by Gasteiger charge is 2.21. The molecule has 0 aromatic heterocycles. The fraction of sp³-hybridized carbons (Fsp3) is 0.111. The molecule has 0 N–H and O–H groups in total. The smallest absolute Gasteiger partial charge is 0.367 e. The molecule has 7 heteroatoms. The first-order valence-corrected chi connectivity index (χ1v) is 8.85. The van der Waals surface area contributed by atoms with Crippen molar-refractivity contribution in [2.24, 2.45) is 5.16 Å². The molecule has 0 radical (unpaired) electrons. The Morgan fingerprint density at radius 3 is 2.20 bits per heavy atom. The molecule has 1 aliphatic rings. The Morgan fingerprint density at radius 1 is 1.00 bits per heavy atom. The minimum atomic E-state index is -3.89. The molecule has 0 aliphatic carbocycles. The summed E-state index contributed by atoms with van der Waals surface area (Å²) >= 11 is 0. The van der Waals surface area contributed by atoms with E-state index in [1.165, 1.54) is 24.3 Å². The Kier molecular flexibility index (Phi) is 4.41. The molecule has 0 fully saturated rings. The topological polar surface area (TPSA) is 82.0 Å². The molecule has 3 rings (SSSR count). The minimum Gasteiger partial charge on any atom is -0.379 e. The van der Waals surface area contributed by atoms with Crippen LogP contribution in [0.5, 0.6) is 5.75 Å². The van der Waals surface area contributed by atoms with E-state index in [-0.39, 0.29) is 10.6 Å². The number of hydrogen-bond donors (Lipinski definition) is 0. The number of nitrogens with zero attached hydrogens (tertiary/aromatic N) is 1. The fourth-order valence-corrected chi connectivity index (χ4v) is 3.12. The number of benzene rings is 2. The summed E-state index contributed by atoms with van der Waals surface area (Å²) in [5.41, 5.74) is 2.51. The summed E-state index contributed by atoms with van der Waals surface area (Å²) in [6.07, 6.45) is 1.62. The highest BCUT2D eigenvalue weighted by molar-refractivity contribution is 7.87. The number of carbonyl (C=O) groups is 1. The first-order valence-electron chi connectivity index (χ1n) is 7.44. The zero-order chi connectivity index (χ0) is 18.0. The van der Waals surface area contributed by atoms with E-state index in [1.54, 1.807) is 37.3 Å². The molecule has 0 unspecified atom stereocenters. The van der Waals surface area contributed by atoms with Crippen molar-refractivity contribution in [3.8, 4) is 5.75 Å². The lowest BCUT2D eigenvalue weighted by molar-refractivity contribution is -0.136. The van der Waals surface area contributed by atoms with Crippen LogP contribution in [0.25, 0.3) is 6.08 Å². The maximum Gasteiger partial charge on any atom is 0.367 e. The molecule has 6 nitrogen and oxygen atoms in total. The van der Waals surface area contributed by atoms with Crippen molar-refractivity contribution in [2.45, 2.75) is 18.7 Å². The van der Waals surface area contributed by atoms with Crippen LogP contribution in [0.15, 0.2) is 64.2 Å². The zero-order valence-electron chi connectivity index (χ0n) is 13.6. The second-order valence-electron chi connectivity index (χ2n) is 5.53. The average molecular weight is 357 g/mol. The number of rotatable bonds is 4. The van der Waals surface area contributed by atoms with Crippen molar-refractivity contribution in [1.82, 2.24) is 0 Å². The van der Waals surface area contributed by atoms with Crippen LogP contribution >= 0.6 is 0 Å². The van der Waals surface area contributed by atoms with Crippen LogP contribution in [0.1, 0.15) is 18.1 Å². The molecular formula is C18H15NO5S. The van der Waals surface area contributed by atoms with Gasteiger partial charge >= 0.3 is 16.1 Å². The van der Waals surface area contributed by atoms with E-state index in [1.807, 2.05) is 6.92 Å². The van der Waals surface area contributed by atoms with Gasteiger partial charge in [-0.15, -0.1) is 0 Å². The van der Waals surface area contributed by atoms with Gasteiger partial charge in [-0.1, -0.05) is 35.0 Å². The van der Waals surface area contributed by atoms with Gasteiger partial charge in [0.25, 0.3) is 0 Å². The average Bonchev–Trinajstić information content (AvgIpc) is 2.89. The number of aryl methyl sites for hydroxylation is 1. The van der Waals surface area contributed by atoms with Gasteiger partial charge in [-0.25, -0.2) is 4.79 Å². The van der Waals surface area contributed by atoms with E-state index < -0.39 is 16.1 Å². The minimum absolute atomic E-state index is 0.0878. The maximum atomic E-state index is 12.3. The summed E-state index contributed by atoms with van der Waals surface area (Å²) in [6.45, 7) is 3.54. The van der Waals surface area contributed by atoms with E-state index in [0.29, 0.717) is 16.8 Å². The van der Waals surface area contributed by atoms with Gasteiger partial charge in [0.1, 0.15) is 10.6 Å². The fourth-order valence-electron chi connectivity index (χ4n) is 2.19. The first-order chi connectivity index (χ1) is 11.8. The molecule has 0 saturated carbocycles. The molecule has 0 amide bonds. The van der Waals surface area contributed by atoms with Crippen molar-refractivity contribution in [2.75, 3.05) is 0 Å². The maximum absolute atomic E-state index is 12.3. The third-order valence-corrected chi connectivity index (χ3v) is 4.84. The number of hydrogen-bond acceptors (Lipinski definition) is 6. The van der Waals surface area contributed by atoms with E-state index >= 15 is 0 Å². The predicted octanol–water partition coefficient (Wildman–Crippen LogP) is 3.08. The molecule has 2 aromatic rings. The Morgan fingerprint density at radius 2 is 1.64 bits per heavy atom. The summed E-state index contributed by atoms with van der Waals surface area (Å²) in [6, 6.07) is 12.7. The Hall–Kier alpha value is -2.93. The van der Waals surface area contributed by atoms with Crippen LogP contribution in [0.2, 0.25) is 0 Å². The van der Waals surface area contributed by atoms with Gasteiger partial charge in [0, 0.05) is 0 Å². The molecule has 1 aliphatic heterocycles. The second-order valence-corrected chi connectivity index (χ2v) is 7.08. The molecule has 2 aromatic carbocycles. The van der Waals surface area contributed by atoms with Gasteiger partial charge in [0.2, 0.25) is 0 Å². The van der Waals surface area contributed by atoms with Crippen LogP contribution in [-0.4, -0.2) is 20.1 Å². The molecule has 0 bridgehead atoms. The largest absolute Gasteiger partial charge is 0.379 e. The lowest BCUT2D eigenvalue weighted by Gasteiger charge is -2.07. The van der Waals surface area contributed by atoms with E-state index in [9.17, 15) is 13.2 Å². The van der Waals surface area contributed by atoms with Gasteiger partial charge in [0.05, 0.1) is 11.3 Å². The Balaban J connectivity index is 1.79. The molecule has 0 spiro atoms. The summed E-state index contributed by atoms with van der Waals surface area (Å²) in [7, 11) is -3.89. The summed E-state index contributed by atoms with van der Waals surface area (Å²) in [4.78, 5) is 16.2. The normalized spacial score (nSPS) is 15.8. The quantitative estimate of drug-likeness (QED) is 0.477. The lowest BCUT2D eigenvalue weighted by atomic mass is 10.1.